The molecule has 0 aliphatic carbocycles. The first kappa shape index (κ1) is 13.6. The first-order valence-electron chi connectivity index (χ1n) is 7.51. The minimum Gasteiger partial charge on any atom is -0.462 e. The predicted octanol–water partition coefficient (Wildman–Crippen LogP) is 4.81. The smallest absolute Gasteiger partial charge is 0.263 e. The van der Waals surface area contributed by atoms with Crippen molar-refractivity contribution in [3.05, 3.63) is 83.8 Å². The van der Waals surface area contributed by atoms with Crippen LogP contribution in [0.5, 0.6) is 0 Å². The van der Waals surface area contributed by atoms with Gasteiger partial charge in [-0.2, -0.15) is 0 Å². The molecule has 0 saturated carbocycles. The molecule has 23 heavy (non-hydrogen) atoms. The van der Waals surface area contributed by atoms with Gasteiger partial charge in [0.15, 0.2) is 0 Å². The number of rotatable bonds is 2. The number of para-hydroxylation sites is 2. The number of anilines is 2. The van der Waals surface area contributed by atoms with Crippen molar-refractivity contribution in [2.75, 3.05) is 4.90 Å². The van der Waals surface area contributed by atoms with Gasteiger partial charge >= 0.3 is 0 Å². The van der Waals surface area contributed by atoms with Crippen LogP contribution in [0.25, 0.3) is 11.6 Å². The van der Waals surface area contributed by atoms with Crippen molar-refractivity contribution in [2.24, 2.45) is 0 Å². The second kappa shape index (κ2) is 5.29. The van der Waals surface area contributed by atoms with Crippen molar-refractivity contribution in [2.45, 2.75) is 6.92 Å². The summed E-state index contributed by atoms with van der Waals surface area (Å²) in [5, 5.41) is 0. The SMILES string of the molecule is Cc1ccc(/C=C2\C(=O)N(c3ccccc3)c3ccccc32)o1. The highest BCUT2D eigenvalue weighted by Crippen LogP contribution is 2.41. The standard InChI is InChI=1S/C20H15NO2/c1-14-11-12-16(23-14)13-18-17-9-5-6-10-19(17)21(20(18)22)15-7-3-2-4-8-15/h2-13H,1H3/b18-13-. The number of carbonyl (C=O) groups is 1. The molecule has 0 unspecified atom stereocenters. The fraction of sp³-hybridized carbons (Fsp3) is 0.0500. The van der Waals surface area contributed by atoms with Gasteiger partial charge in [0.25, 0.3) is 5.91 Å². The van der Waals surface area contributed by atoms with Crippen LogP contribution in [0.1, 0.15) is 17.1 Å². The van der Waals surface area contributed by atoms with E-state index >= 15 is 0 Å². The molecule has 0 saturated heterocycles. The van der Waals surface area contributed by atoms with Gasteiger partial charge in [-0.1, -0.05) is 36.4 Å². The first-order valence-corrected chi connectivity index (χ1v) is 7.51. The minimum atomic E-state index is -0.0357. The molecule has 0 bridgehead atoms. The molecule has 1 aromatic heterocycles. The van der Waals surface area contributed by atoms with E-state index in [4.69, 9.17) is 4.42 Å². The summed E-state index contributed by atoms with van der Waals surface area (Å²) in [6.45, 7) is 1.89. The van der Waals surface area contributed by atoms with Gasteiger partial charge in [-0.15, -0.1) is 0 Å². The van der Waals surface area contributed by atoms with Gasteiger partial charge in [-0.05, 0) is 43.3 Å². The van der Waals surface area contributed by atoms with E-state index in [0.717, 1.165) is 22.7 Å². The highest BCUT2D eigenvalue weighted by molar-refractivity contribution is 6.37. The van der Waals surface area contributed by atoms with Crippen LogP contribution in [-0.4, -0.2) is 5.91 Å². The predicted molar refractivity (Wildman–Crippen MR) is 91.3 cm³/mol. The Balaban J connectivity index is 1.87. The second-order valence-corrected chi connectivity index (χ2v) is 5.50. The topological polar surface area (TPSA) is 33.5 Å². The molecular weight excluding hydrogens is 286 g/mol. The van der Waals surface area contributed by atoms with E-state index in [9.17, 15) is 4.79 Å². The molecule has 0 atom stereocenters. The Morgan fingerprint density at radius 2 is 1.65 bits per heavy atom. The normalized spacial score (nSPS) is 15.3. The van der Waals surface area contributed by atoms with Crippen molar-refractivity contribution in [1.29, 1.82) is 0 Å². The van der Waals surface area contributed by atoms with Gasteiger partial charge < -0.3 is 4.42 Å². The Morgan fingerprint density at radius 1 is 0.913 bits per heavy atom. The maximum atomic E-state index is 13.0. The van der Waals surface area contributed by atoms with Crippen molar-refractivity contribution in [3.63, 3.8) is 0 Å². The van der Waals surface area contributed by atoms with Crippen molar-refractivity contribution in [3.8, 4) is 0 Å². The number of hydrogen-bond acceptors (Lipinski definition) is 2. The molecule has 1 aliphatic heterocycles. The highest BCUT2D eigenvalue weighted by atomic mass is 16.3. The van der Waals surface area contributed by atoms with Crippen molar-refractivity contribution in [1.82, 2.24) is 0 Å². The number of fused-ring (bicyclic) bond motifs is 1. The molecule has 0 radical (unpaired) electrons. The fourth-order valence-electron chi connectivity index (χ4n) is 2.89. The second-order valence-electron chi connectivity index (χ2n) is 5.50. The molecule has 3 aromatic rings. The van der Waals surface area contributed by atoms with Crippen LogP contribution in [0.4, 0.5) is 11.4 Å². The van der Waals surface area contributed by atoms with E-state index < -0.39 is 0 Å². The fourth-order valence-corrected chi connectivity index (χ4v) is 2.89. The van der Waals surface area contributed by atoms with Crippen LogP contribution in [0.15, 0.2) is 71.1 Å². The van der Waals surface area contributed by atoms with Crippen molar-refractivity contribution < 1.29 is 9.21 Å². The van der Waals surface area contributed by atoms with E-state index in [1.165, 1.54) is 0 Å². The third-order valence-electron chi connectivity index (χ3n) is 3.93. The van der Waals surface area contributed by atoms with Gasteiger partial charge in [-0.3, -0.25) is 9.69 Å². The molecule has 112 valence electrons. The van der Waals surface area contributed by atoms with Crippen LogP contribution in [0, 0.1) is 6.92 Å². The zero-order valence-electron chi connectivity index (χ0n) is 12.7. The lowest BCUT2D eigenvalue weighted by Gasteiger charge is -2.16. The number of carbonyl (C=O) groups excluding carboxylic acids is 1. The van der Waals surface area contributed by atoms with Crippen LogP contribution in [-0.2, 0) is 4.79 Å². The summed E-state index contributed by atoms with van der Waals surface area (Å²) in [7, 11) is 0. The van der Waals surface area contributed by atoms with Crippen LogP contribution in [0.2, 0.25) is 0 Å². The molecule has 0 fully saturated rings. The zero-order chi connectivity index (χ0) is 15.8. The molecule has 1 amide bonds. The number of furan rings is 1. The number of nitrogens with zero attached hydrogens (tertiary/aromatic N) is 1. The molecule has 2 heterocycles. The molecule has 0 spiro atoms. The van der Waals surface area contributed by atoms with E-state index in [1.54, 1.807) is 4.90 Å². The summed E-state index contributed by atoms with van der Waals surface area (Å²) in [6, 6.07) is 21.3. The van der Waals surface area contributed by atoms with E-state index in [0.29, 0.717) is 11.3 Å². The summed E-state index contributed by atoms with van der Waals surface area (Å²) >= 11 is 0. The molecule has 3 heteroatoms. The highest BCUT2D eigenvalue weighted by Gasteiger charge is 2.33. The third kappa shape index (κ3) is 2.27. The Hall–Kier alpha value is -3.07. The van der Waals surface area contributed by atoms with Crippen LogP contribution >= 0.6 is 0 Å². The maximum Gasteiger partial charge on any atom is 0.263 e. The largest absolute Gasteiger partial charge is 0.462 e. The Morgan fingerprint density at radius 3 is 2.39 bits per heavy atom. The lowest BCUT2D eigenvalue weighted by Crippen LogP contribution is -2.20. The quantitative estimate of drug-likeness (QED) is 0.637. The summed E-state index contributed by atoms with van der Waals surface area (Å²) in [6.07, 6.45) is 1.82. The van der Waals surface area contributed by atoms with Crippen molar-refractivity contribution >= 4 is 28.9 Å². The molecular formula is C20H15NO2. The van der Waals surface area contributed by atoms with Gasteiger partial charge in [0, 0.05) is 11.3 Å². The van der Waals surface area contributed by atoms with Gasteiger partial charge in [0.1, 0.15) is 11.5 Å². The van der Waals surface area contributed by atoms with Gasteiger partial charge in [-0.25, -0.2) is 0 Å². The molecule has 0 N–H and O–H groups in total. The lowest BCUT2D eigenvalue weighted by atomic mass is 10.1. The first-order chi connectivity index (χ1) is 11.2. The molecule has 1 aliphatic rings. The summed E-state index contributed by atoms with van der Waals surface area (Å²) in [5.74, 6) is 1.48. The average Bonchev–Trinajstić information content (AvgIpc) is 3.11. The molecule has 3 nitrogen and oxygen atoms in total. The zero-order valence-corrected chi connectivity index (χ0v) is 12.7. The maximum absolute atomic E-state index is 13.0. The van der Waals surface area contributed by atoms with E-state index in [2.05, 4.69) is 0 Å². The number of hydrogen-bond donors (Lipinski definition) is 0. The Labute approximate surface area is 134 Å². The summed E-state index contributed by atoms with van der Waals surface area (Å²) in [4.78, 5) is 14.7. The summed E-state index contributed by atoms with van der Waals surface area (Å²) in [5.41, 5.74) is 3.34. The third-order valence-corrected chi connectivity index (χ3v) is 3.93. The van der Waals surface area contributed by atoms with Gasteiger partial charge in [0.05, 0.1) is 11.3 Å². The number of amides is 1. The molecule has 2 aromatic carbocycles. The number of benzene rings is 2. The van der Waals surface area contributed by atoms with E-state index in [-0.39, 0.29) is 5.91 Å². The van der Waals surface area contributed by atoms with Gasteiger partial charge in [0.2, 0.25) is 0 Å². The monoisotopic (exact) mass is 301 g/mol. The number of aryl methyl sites for hydroxylation is 1. The lowest BCUT2D eigenvalue weighted by molar-refractivity contribution is -0.112. The van der Waals surface area contributed by atoms with E-state index in [1.807, 2.05) is 79.7 Å². The average molecular weight is 301 g/mol. The summed E-state index contributed by atoms with van der Waals surface area (Å²) < 4.78 is 5.60. The Bertz CT molecular complexity index is 906. The molecule has 4 rings (SSSR count). The Kier molecular flexibility index (Phi) is 3.12. The van der Waals surface area contributed by atoms with Crippen LogP contribution in [0.3, 0.4) is 0 Å². The minimum absolute atomic E-state index is 0.0357. The van der Waals surface area contributed by atoms with Crippen LogP contribution < -0.4 is 4.90 Å².